The fourth-order valence-electron chi connectivity index (χ4n) is 2.21. The molecule has 22 heavy (non-hydrogen) atoms. The summed E-state index contributed by atoms with van der Waals surface area (Å²) in [4.78, 5) is 4.46. The summed E-state index contributed by atoms with van der Waals surface area (Å²) in [6, 6.07) is 12.6. The number of oxazole rings is 1. The molecule has 0 fully saturated rings. The number of methoxy groups -OCH3 is 2. The van der Waals surface area contributed by atoms with E-state index in [-0.39, 0.29) is 5.75 Å². The van der Waals surface area contributed by atoms with Gasteiger partial charge in [0.05, 0.1) is 14.2 Å². The van der Waals surface area contributed by atoms with Crippen LogP contribution in [0.25, 0.3) is 22.7 Å². The molecular formula is C17H15NO4. The molecule has 3 rings (SSSR count). The quantitative estimate of drug-likeness (QED) is 0.795. The molecule has 0 aliphatic rings. The number of nitrogens with zero attached hydrogens (tertiary/aromatic N) is 1. The van der Waals surface area contributed by atoms with Crippen LogP contribution >= 0.6 is 0 Å². The van der Waals surface area contributed by atoms with Gasteiger partial charge in [0.15, 0.2) is 11.5 Å². The lowest BCUT2D eigenvalue weighted by Gasteiger charge is -2.04. The van der Waals surface area contributed by atoms with Crippen LogP contribution in [0, 0.1) is 0 Å². The van der Waals surface area contributed by atoms with Crippen LogP contribution in [0.1, 0.15) is 0 Å². The van der Waals surface area contributed by atoms with E-state index in [0.29, 0.717) is 22.9 Å². The first-order valence-electron chi connectivity index (χ1n) is 6.69. The van der Waals surface area contributed by atoms with E-state index >= 15 is 0 Å². The largest absolute Gasteiger partial charge is 0.504 e. The second-order valence-corrected chi connectivity index (χ2v) is 4.62. The third-order valence-corrected chi connectivity index (χ3v) is 3.31. The Balaban J connectivity index is 1.99. The summed E-state index contributed by atoms with van der Waals surface area (Å²) in [5, 5.41) is 9.84. The lowest BCUT2D eigenvalue weighted by molar-refractivity contribution is 0.373. The van der Waals surface area contributed by atoms with E-state index in [9.17, 15) is 5.11 Å². The lowest BCUT2D eigenvalue weighted by atomic mass is 10.1. The third kappa shape index (κ3) is 2.48. The molecule has 0 saturated carbocycles. The number of hydrogen-bond donors (Lipinski definition) is 1. The number of phenolic OH excluding ortho intramolecular Hbond substituents is 1. The Morgan fingerprint density at radius 2 is 1.77 bits per heavy atom. The standard InChI is InChI=1S/C17H15NO4/c1-20-15-6-4-3-5-12(15)13-10-22-17(18-13)11-7-8-16(21-2)14(19)9-11/h3-10,19H,1-2H3. The third-order valence-electron chi connectivity index (χ3n) is 3.31. The van der Waals surface area contributed by atoms with Crippen molar-refractivity contribution in [1.29, 1.82) is 0 Å². The van der Waals surface area contributed by atoms with Crippen LogP contribution in [0.2, 0.25) is 0 Å². The summed E-state index contributed by atoms with van der Waals surface area (Å²) in [6.07, 6.45) is 1.56. The predicted octanol–water partition coefficient (Wildman–Crippen LogP) is 3.73. The molecule has 0 atom stereocenters. The summed E-state index contributed by atoms with van der Waals surface area (Å²) >= 11 is 0. The molecule has 0 bridgehead atoms. The van der Waals surface area contributed by atoms with Gasteiger partial charge < -0.3 is 19.0 Å². The number of aromatic hydroxyl groups is 1. The smallest absolute Gasteiger partial charge is 0.226 e. The second-order valence-electron chi connectivity index (χ2n) is 4.62. The Bertz CT molecular complexity index is 795. The van der Waals surface area contributed by atoms with E-state index in [2.05, 4.69) is 4.98 Å². The Labute approximate surface area is 127 Å². The molecule has 0 saturated heterocycles. The molecule has 1 aromatic heterocycles. The zero-order valence-corrected chi connectivity index (χ0v) is 12.2. The van der Waals surface area contributed by atoms with Crippen molar-refractivity contribution in [3.05, 3.63) is 48.7 Å². The van der Waals surface area contributed by atoms with Gasteiger partial charge in [-0.3, -0.25) is 0 Å². The highest BCUT2D eigenvalue weighted by molar-refractivity contribution is 5.69. The number of benzene rings is 2. The van der Waals surface area contributed by atoms with Gasteiger partial charge in [-0.1, -0.05) is 12.1 Å². The zero-order valence-electron chi connectivity index (χ0n) is 12.2. The van der Waals surface area contributed by atoms with Crippen LogP contribution in [0.4, 0.5) is 0 Å². The Morgan fingerprint density at radius 3 is 2.50 bits per heavy atom. The minimum absolute atomic E-state index is 0.0389. The van der Waals surface area contributed by atoms with Crippen LogP contribution in [0.5, 0.6) is 17.2 Å². The molecular weight excluding hydrogens is 282 g/mol. The van der Waals surface area contributed by atoms with Gasteiger partial charge in [0.2, 0.25) is 5.89 Å². The maximum atomic E-state index is 9.84. The predicted molar refractivity (Wildman–Crippen MR) is 82.1 cm³/mol. The van der Waals surface area contributed by atoms with E-state index < -0.39 is 0 Å². The van der Waals surface area contributed by atoms with Gasteiger partial charge in [0.25, 0.3) is 0 Å². The number of ether oxygens (including phenoxy) is 2. The van der Waals surface area contributed by atoms with E-state index in [1.807, 2.05) is 24.3 Å². The van der Waals surface area contributed by atoms with Crippen molar-refractivity contribution in [2.75, 3.05) is 14.2 Å². The van der Waals surface area contributed by atoms with Crippen LogP contribution in [0.15, 0.2) is 53.1 Å². The van der Waals surface area contributed by atoms with Crippen molar-refractivity contribution in [3.63, 3.8) is 0 Å². The monoisotopic (exact) mass is 297 g/mol. The highest BCUT2D eigenvalue weighted by Gasteiger charge is 2.13. The highest BCUT2D eigenvalue weighted by atomic mass is 16.5. The van der Waals surface area contributed by atoms with Crippen molar-refractivity contribution in [1.82, 2.24) is 4.98 Å². The molecule has 0 unspecified atom stereocenters. The number of para-hydroxylation sites is 1. The number of aromatic nitrogens is 1. The summed E-state index contributed by atoms with van der Waals surface area (Å²) in [7, 11) is 3.11. The van der Waals surface area contributed by atoms with Gasteiger partial charge in [-0.15, -0.1) is 0 Å². The fraction of sp³-hybridized carbons (Fsp3) is 0.118. The summed E-state index contributed by atoms with van der Waals surface area (Å²) < 4.78 is 15.9. The summed E-state index contributed by atoms with van der Waals surface area (Å²) in [6.45, 7) is 0. The molecule has 1 heterocycles. The Hall–Kier alpha value is -2.95. The molecule has 1 N–H and O–H groups in total. The van der Waals surface area contributed by atoms with Gasteiger partial charge in [0, 0.05) is 11.1 Å². The van der Waals surface area contributed by atoms with Crippen molar-refractivity contribution in [2.45, 2.75) is 0 Å². The topological polar surface area (TPSA) is 64.7 Å². The fourth-order valence-corrected chi connectivity index (χ4v) is 2.21. The minimum Gasteiger partial charge on any atom is -0.504 e. The first-order chi connectivity index (χ1) is 10.7. The van der Waals surface area contributed by atoms with Crippen LogP contribution in [-0.2, 0) is 0 Å². The molecule has 112 valence electrons. The van der Waals surface area contributed by atoms with E-state index in [1.54, 1.807) is 31.6 Å². The number of hydrogen-bond acceptors (Lipinski definition) is 5. The molecule has 0 aliphatic carbocycles. The summed E-state index contributed by atoms with van der Waals surface area (Å²) in [5.74, 6) is 1.58. The van der Waals surface area contributed by atoms with E-state index in [0.717, 1.165) is 11.3 Å². The second kappa shape index (κ2) is 5.81. The van der Waals surface area contributed by atoms with Crippen LogP contribution in [-0.4, -0.2) is 24.3 Å². The van der Waals surface area contributed by atoms with Crippen LogP contribution in [0.3, 0.4) is 0 Å². The maximum Gasteiger partial charge on any atom is 0.226 e. The van der Waals surface area contributed by atoms with Crippen molar-refractivity contribution in [3.8, 4) is 40.0 Å². The Morgan fingerprint density at radius 1 is 1.00 bits per heavy atom. The number of phenols is 1. The lowest BCUT2D eigenvalue weighted by Crippen LogP contribution is -1.88. The van der Waals surface area contributed by atoms with Crippen molar-refractivity contribution >= 4 is 0 Å². The van der Waals surface area contributed by atoms with Gasteiger partial charge >= 0.3 is 0 Å². The van der Waals surface area contributed by atoms with Gasteiger partial charge in [-0.25, -0.2) is 4.98 Å². The SMILES string of the molecule is COc1ccc(-c2nc(-c3ccccc3OC)co2)cc1O. The van der Waals surface area contributed by atoms with Crippen LogP contribution < -0.4 is 9.47 Å². The average Bonchev–Trinajstić information content (AvgIpc) is 3.04. The molecule has 0 amide bonds. The molecule has 5 heteroatoms. The highest BCUT2D eigenvalue weighted by Crippen LogP contribution is 2.34. The number of rotatable bonds is 4. The molecule has 5 nitrogen and oxygen atoms in total. The molecule has 0 aliphatic heterocycles. The van der Waals surface area contributed by atoms with Crippen molar-refractivity contribution in [2.24, 2.45) is 0 Å². The molecule has 2 aromatic carbocycles. The normalized spacial score (nSPS) is 10.5. The molecule has 3 aromatic rings. The van der Waals surface area contributed by atoms with E-state index in [4.69, 9.17) is 13.9 Å². The average molecular weight is 297 g/mol. The molecule has 0 spiro atoms. The van der Waals surface area contributed by atoms with Gasteiger partial charge in [-0.05, 0) is 30.3 Å². The first-order valence-corrected chi connectivity index (χ1v) is 6.69. The zero-order chi connectivity index (χ0) is 15.5. The first kappa shape index (κ1) is 14.0. The molecule has 0 radical (unpaired) electrons. The van der Waals surface area contributed by atoms with Crippen molar-refractivity contribution < 1.29 is 19.0 Å². The minimum atomic E-state index is 0.0389. The van der Waals surface area contributed by atoms with Gasteiger partial charge in [-0.2, -0.15) is 0 Å². The Kier molecular flexibility index (Phi) is 3.70. The maximum absolute atomic E-state index is 9.84. The summed E-state index contributed by atoms with van der Waals surface area (Å²) in [5.41, 5.74) is 2.18. The van der Waals surface area contributed by atoms with E-state index in [1.165, 1.54) is 7.11 Å². The van der Waals surface area contributed by atoms with Gasteiger partial charge in [0.1, 0.15) is 17.7 Å².